The third-order valence-electron chi connectivity index (χ3n) is 4.67. The number of nitrogens with zero attached hydrogens (tertiary/aromatic N) is 4. The zero-order chi connectivity index (χ0) is 21.2. The minimum Gasteiger partial charge on any atom is -0.484 e. The molecule has 5 aromatic rings. The third-order valence-corrected chi connectivity index (χ3v) is 6.20. The van der Waals surface area contributed by atoms with Gasteiger partial charge in [0.2, 0.25) is 0 Å². The molecule has 0 atom stereocenters. The van der Waals surface area contributed by atoms with Gasteiger partial charge < -0.3 is 9.15 Å². The molecule has 3 aromatic heterocycles. The van der Waals surface area contributed by atoms with Crippen LogP contribution in [0.2, 0.25) is 0 Å². The summed E-state index contributed by atoms with van der Waals surface area (Å²) in [5.41, 5.74) is 4.07. The van der Waals surface area contributed by atoms with Gasteiger partial charge >= 0.3 is 0 Å². The van der Waals surface area contributed by atoms with E-state index in [-0.39, 0.29) is 6.61 Å². The van der Waals surface area contributed by atoms with Gasteiger partial charge in [0.15, 0.2) is 12.4 Å². The van der Waals surface area contributed by atoms with Crippen LogP contribution in [0.4, 0.5) is 0 Å². The molecule has 6 nitrogen and oxygen atoms in total. The van der Waals surface area contributed by atoms with Crippen molar-refractivity contribution in [2.45, 2.75) is 30.7 Å². The monoisotopic (exact) mass is 446 g/mol. The van der Waals surface area contributed by atoms with E-state index in [1.54, 1.807) is 11.3 Å². The highest BCUT2D eigenvalue weighted by Gasteiger charge is 2.15. The first-order valence-electron chi connectivity index (χ1n) is 9.65. The van der Waals surface area contributed by atoms with Crippen molar-refractivity contribution in [3.8, 4) is 17.1 Å². The molecule has 2 aromatic carbocycles. The second kappa shape index (κ2) is 8.49. The highest BCUT2D eigenvalue weighted by Crippen LogP contribution is 2.33. The van der Waals surface area contributed by atoms with E-state index in [1.165, 1.54) is 11.8 Å². The fourth-order valence-electron chi connectivity index (χ4n) is 3.07. The lowest BCUT2D eigenvalue weighted by atomic mass is 10.1. The average Bonchev–Trinajstić information content (AvgIpc) is 3.47. The molecule has 0 radical (unpaired) electrons. The average molecular weight is 447 g/mol. The summed E-state index contributed by atoms with van der Waals surface area (Å²) in [6.45, 7) is 4.25. The standard InChI is InChI=1S/C23H18N4O2S2/c1-14-7-8-15(2)19(11-14)28-12-20-26-27-23(29-20)31-22-17-5-3-4-6-18(17)24-21(25-22)16-9-10-30-13-16/h3-11,13H,12H2,1-2H3. The molecule has 0 amide bonds. The molecule has 0 bridgehead atoms. The van der Waals surface area contributed by atoms with Crippen molar-refractivity contribution in [3.05, 3.63) is 76.3 Å². The molecule has 0 aliphatic carbocycles. The van der Waals surface area contributed by atoms with E-state index >= 15 is 0 Å². The number of aryl methyl sites for hydroxylation is 2. The Morgan fingerprint density at radius 1 is 1.03 bits per heavy atom. The largest absolute Gasteiger partial charge is 0.484 e. The number of rotatable bonds is 6. The lowest BCUT2D eigenvalue weighted by Crippen LogP contribution is -1.97. The lowest BCUT2D eigenvalue weighted by molar-refractivity contribution is 0.250. The predicted molar refractivity (Wildman–Crippen MR) is 122 cm³/mol. The van der Waals surface area contributed by atoms with Crippen molar-refractivity contribution < 1.29 is 9.15 Å². The van der Waals surface area contributed by atoms with Gasteiger partial charge in [-0.1, -0.05) is 30.3 Å². The lowest BCUT2D eigenvalue weighted by Gasteiger charge is -2.07. The maximum atomic E-state index is 5.88. The van der Waals surface area contributed by atoms with Gasteiger partial charge in [-0.05, 0) is 60.3 Å². The van der Waals surface area contributed by atoms with E-state index in [9.17, 15) is 0 Å². The van der Waals surface area contributed by atoms with Gasteiger partial charge in [-0.3, -0.25) is 0 Å². The summed E-state index contributed by atoms with van der Waals surface area (Å²) in [6.07, 6.45) is 0. The van der Waals surface area contributed by atoms with Gasteiger partial charge in [0.05, 0.1) is 5.52 Å². The summed E-state index contributed by atoms with van der Waals surface area (Å²) >= 11 is 2.95. The molecule has 0 fully saturated rings. The first-order chi connectivity index (χ1) is 15.2. The second-order valence-corrected chi connectivity index (χ2v) is 8.72. The van der Waals surface area contributed by atoms with Crippen LogP contribution in [0.1, 0.15) is 17.0 Å². The van der Waals surface area contributed by atoms with E-state index in [2.05, 4.69) is 16.3 Å². The van der Waals surface area contributed by atoms with Crippen molar-refractivity contribution in [2.75, 3.05) is 0 Å². The van der Waals surface area contributed by atoms with Gasteiger partial charge in [0.1, 0.15) is 10.8 Å². The summed E-state index contributed by atoms with van der Waals surface area (Å²) in [4.78, 5) is 9.46. The molecule has 0 saturated heterocycles. The maximum absolute atomic E-state index is 5.88. The molecule has 0 aliphatic rings. The number of ether oxygens (including phenoxy) is 1. The van der Waals surface area contributed by atoms with Gasteiger partial charge in [0, 0.05) is 16.3 Å². The molecule has 0 unspecified atom stereocenters. The van der Waals surface area contributed by atoms with Crippen LogP contribution in [0, 0.1) is 13.8 Å². The first kappa shape index (κ1) is 19.7. The van der Waals surface area contributed by atoms with E-state index in [4.69, 9.17) is 19.1 Å². The Hall–Kier alpha value is -3.23. The summed E-state index contributed by atoms with van der Waals surface area (Å²) < 4.78 is 11.7. The summed E-state index contributed by atoms with van der Waals surface area (Å²) in [5, 5.41) is 14.5. The Morgan fingerprint density at radius 3 is 2.81 bits per heavy atom. The number of hydrogen-bond donors (Lipinski definition) is 0. The molecule has 154 valence electrons. The quantitative estimate of drug-likeness (QED) is 0.292. The Labute approximate surface area is 187 Å². The first-order valence-corrected chi connectivity index (χ1v) is 11.4. The summed E-state index contributed by atoms with van der Waals surface area (Å²) in [5.74, 6) is 1.91. The van der Waals surface area contributed by atoms with Crippen LogP contribution >= 0.6 is 23.1 Å². The highest BCUT2D eigenvalue weighted by molar-refractivity contribution is 7.99. The van der Waals surface area contributed by atoms with Crippen LogP contribution in [0.3, 0.4) is 0 Å². The van der Waals surface area contributed by atoms with Crippen molar-refractivity contribution in [1.82, 2.24) is 20.2 Å². The van der Waals surface area contributed by atoms with E-state index < -0.39 is 0 Å². The molecule has 8 heteroatoms. The molecular formula is C23H18N4O2S2. The van der Waals surface area contributed by atoms with Crippen molar-refractivity contribution in [1.29, 1.82) is 0 Å². The number of hydrogen-bond acceptors (Lipinski definition) is 8. The molecule has 0 spiro atoms. The molecule has 31 heavy (non-hydrogen) atoms. The number of thiophene rings is 1. The Bertz CT molecular complexity index is 1350. The van der Waals surface area contributed by atoms with E-state index in [1.807, 2.05) is 67.1 Å². The second-order valence-electron chi connectivity index (χ2n) is 7.00. The Morgan fingerprint density at radius 2 is 1.94 bits per heavy atom. The number of para-hydroxylation sites is 1. The molecular weight excluding hydrogens is 428 g/mol. The molecule has 3 heterocycles. The smallest absolute Gasteiger partial charge is 0.283 e. The van der Waals surface area contributed by atoms with Crippen molar-refractivity contribution in [3.63, 3.8) is 0 Å². The van der Waals surface area contributed by atoms with Gasteiger partial charge in [-0.2, -0.15) is 11.3 Å². The molecule has 0 saturated carbocycles. The topological polar surface area (TPSA) is 73.9 Å². The van der Waals surface area contributed by atoms with Crippen LogP contribution in [0.15, 0.2) is 74.0 Å². The fraction of sp³-hybridized carbons (Fsp3) is 0.130. The van der Waals surface area contributed by atoms with Crippen LogP contribution in [-0.2, 0) is 6.61 Å². The van der Waals surface area contributed by atoms with Crippen molar-refractivity contribution >= 4 is 34.0 Å². The van der Waals surface area contributed by atoms with Crippen LogP contribution in [0.5, 0.6) is 5.75 Å². The maximum Gasteiger partial charge on any atom is 0.283 e. The minimum atomic E-state index is 0.211. The number of benzene rings is 2. The molecule has 0 aliphatic heterocycles. The Balaban J connectivity index is 1.39. The van der Waals surface area contributed by atoms with Crippen LogP contribution in [0.25, 0.3) is 22.3 Å². The Kier molecular flexibility index (Phi) is 5.40. The fourth-order valence-corrected chi connectivity index (χ4v) is 4.50. The van der Waals surface area contributed by atoms with Crippen LogP contribution in [-0.4, -0.2) is 20.2 Å². The minimum absolute atomic E-state index is 0.211. The number of fused-ring (bicyclic) bond motifs is 1. The third kappa shape index (κ3) is 4.30. The zero-order valence-corrected chi connectivity index (χ0v) is 18.5. The molecule has 0 N–H and O–H groups in total. The van der Waals surface area contributed by atoms with Gasteiger partial charge in [-0.15, -0.1) is 10.2 Å². The predicted octanol–water partition coefficient (Wildman–Crippen LogP) is 6.09. The SMILES string of the molecule is Cc1ccc(C)c(OCc2nnc(Sc3nc(-c4ccsc4)nc4ccccc34)o2)c1. The zero-order valence-electron chi connectivity index (χ0n) is 16.9. The van der Waals surface area contributed by atoms with Crippen molar-refractivity contribution in [2.24, 2.45) is 0 Å². The number of aromatic nitrogens is 4. The van der Waals surface area contributed by atoms with Gasteiger partial charge in [-0.25, -0.2) is 9.97 Å². The normalized spacial score (nSPS) is 11.2. The van der Waals surface area contributed by atoms with E-state index in [0.717, 1.165) is 38.4 Å². The van der Waals surface area contributed by atoms with Crippen LogP contribution < -0.4 is 4.74 Å². The van der Waals surface area contributed by atoms with Gasteiger partial charge in [0.25, 0.3) is 11.1 Å². The summed E-state index contributed by atoms with van der Waals surface area (Å²) in [7, 11) is 0. The van der Waals surface area contributed by atoms with E-state index in [0.29, 0.717) is 16.9 Å². The molecule has 5 rings (SSSR count). The summed E-state index contributed by atoms with van der Waals surface area (Å²) in [6, 6.07) is 16.0. The highest BCUT2D eigenvalue weighted by atomic mass is 32.2.